The molecule has 0 aliphatic rings. The molecule has 0 radical (unpaired) electrons. The summed E-state index contributed by atoms with van der Waals surface area (Å²) in [7, 11) is 0. The summed E-state index contributed by atoms with van der Waals surface area (Å²) in [4.78, 5) is 37.0. The quantitative estimate of drug-likeness (QED) is 0.669. The van der Waals surface area contributed by atoms with Crippen LogP contribution >= 0.6 is 11.3 Å². The van der Waals surface area contributed by atoms with Gasteiger partial charge in [-0.05, 0) is 13.3 Å². The van der Waals surface area contributed by atoms with Crippen molar-refractivity contribution in [3.63, 3.8) is 0 Å². The number of hydrogen-bond donors (Lipinski definition) is 3. The molecule has 104 valence electrons. The number of carboxylic acid groups (broad SMARTS) is 2. The topological polar surface area (TPSA) is 117 Å². The third kappa shape index (κ3) is 5.47. The maximum absolute atomic E-state index is 11.6. The van der Waals surface area contributed by atoms with E-state index in [2.05, 4.69) is 10.3 Å². The molecule has 1 heterocycles. The van der Waals surface area contributed by atoms with E-state index in [0.29, 0.717) is 5.69 Å². The van der Waals surface area contributed by atoms with Crippen molar-refractivity contribution in [2.75, 3.05) is 0 Å². The molecule has 0 saturated carbocycles. The minimum absolute atomic E-state index is 0.0127. The molecule has 0 spiro atoms. The van der Waals surface area contributed by atoms with Gasteiger partial charge in [0, 0.05) is 11.8 Å². The molecule has 0 saturated heterocycles. The summed E-state index contributed by atoms with van der Waals surface area (Å²) in [6, 6.07) is -1.19. The lowest BCUT2D eigenvalue weighted by Crippen LogP contribution is -2.41. The fourth-order valence-corrected chi connectivity index (χ4v) is 2.04. The Morgan fingerprint density at radius 1 is 1.42 bits per heavy atom. The van der Waals surface area contributed by atoms with E-state index in [1.54, 1.807) is 12.3 Å². The van der Waals surface area contributed by atoms with Crippen LogP contribution in [0.4, 0.5) is 0 Å². The minimum atomic E-state index is -1.25. The third-order valence-electron chi connectivity index (χ3n) is 2.29. The van der Waals surface area contributed by atoms with E-state index < -0.39 is 23.9 Å². The second kappa shape index (κ2) is 6.83. The molecule has 3 N–H and O–H groups in total. The highest BCUT2D eigenvalue weighted by molar-refractivity contribution is 7.09. The Hall–Kier alpha value is -1.96. The van der Waals surface area contributed by atoms with Crippen molar-refractivity contribution >= 4 is 29.2 Å². The number of hydrogen-bond acceptors (Lipinski definition) is 5. The van der Waals surface area contributed by atoms with Crippen LogP contribution in [-0.2, 0) is 20.8 Å². The summed E-state index contributed by atoms with van der Waals surface area (Å²) in [6.45, 7) is 1.80. The Bertz CT molecular complexity index is 485. The summed E-state index contributed by atoms with van der Waals surface area (Å²) in [5, 5.41) is 22.2. The first-order valence-corrected chi connectivity index (χ1v) is 6.41. The average molecular weight is 286 g/mol. The molecule has 0 fully saturated rings. The van der Waals surface area contributed by atoms with Gasteiger partial charge in [-0.1, -0.05) is 0 Å². The second-order valence-electron chi connectivity index (χ2n) is 3.93. The number of nitrogens with one attached hydrogen (secondary N) is 1. The maximum Gasteiger partial charge on any atom is 0.326 e. The van der Waals surface area contributed by atoms with Crippen LogP contribution < -0.4 is 5.32 Å². The zero-order valence-electron chi connectivity index (χ0n) is 10.3. The Balaban J connectivity index is 2.51. The van der Waals surface area contributed by atoms with Crippen LogP contribution in [0, 0.1) is 6.92 Å². The smallest absolute Gasteiger partial charge is 0.326 e. The molecule has 0 aromatic carbocycles. The molecule has 1 amide bonds. The van der Waals surface area contributed by atoms with Crippen molar-refractivity contribution in [3.8, 4) is 0 Å². The lowest BCUT2D eigenvalue weighted by molar-refractivity contribution is -0.143. The van der Waals surface area contributed by atoms with Gasteiger partial charge >= 0.3 is 11.9 Å². The van der Waals surface area contributed by atoms with Crippen LogP contribution in [0.1, 0.15) is 23.5 Å². The molecule has 19 heavy (non-hydrogen) atoms. The van der Waals surface area contributed by atoms with Gasteiger partial charge in [0.15, 0.2) is 0 Å². The largest absolute Gasteiger partial charge is 0.481 e. The summed E-state index contributed by atoms with van der Waals surface area (Å²) < 4.78 is 0. The van der Waals surface area contributed by atoms with Crippen LogP contribution in [0.15, 0.2) is 5.38 Å². The molecule has 1 atom stereocenters. The molecule has 0 unspecified atom stereocenters. The summed E-state index contributed by atoms with van der Waals surface area (Å²) in [5.41, 5.74) is 0.572. The van der Waals surface area contributed by atoms with Crippen LogP contribution in [0.25, 0.3) is 0 Å². The maximum atomic E-state index is 11.6. The lowest BCUT2D eigenvalue weighted by Gasteiger charge is -2.12. The number of aryl methyl sites for hydroxylation is 1. The van der Waals surface area contributed by atoms with E-state index in [4.69, 9.17) is 10.2 Å². The summed E-state index contributed by atoms with van der Waals surface area (Å²) >= 11 is 1.40. The molecule has 8 heteroatoms. The third-order valence-corrected chi connectivity index (χ3v) is 3.11. The van der Waals surface area contributed by atoms with Gasteiger partial charge in [0.25, 0.3) is 0 Å². The van der Waals surface area contributed by atoms with Gasteiger partial charge in [-0.25, -0.2) is 9.78 Å². The number of aromatic nitrogens is 1. The van der Waals surface area contributed by atoms with Crippen molar-refractivity contribution in [1.82, 2.24) is 10.3 Å². The first kappa shape index (κ1) is 15.1. The standard InChI is InChI=1S/C11H14N2O5S/c1-6-12-7(5-19-6)4-9(14)13-8(11(17)18)2-3-10(15)16/h5,8H,2-4H2,1H3,(H,13,14)(H,15,16)(H,17,18)/t8-/m0/s1. The van der Waals surface area contributed by atoms with Crippen LogP contribution in [0.5, 0.6) is 0 Å². The minimum Gasteiger partial charge on any atom is -0.481 e. The zero-order chi connectivity index (χ0) is 14.4. The van der Waals surface area contributed by atoms with E-state index >= 15 is 0 Å². The predicted octanol–water partition coefficient (Wildman–Crippen LogP) is 0.428. The normalized spacial score (nSPS) is 11.8. The van der Waals surface area contributed by atoms with Crippen molar-refractivity contribution in [2.24, 2.45) is 0 Å². The number of rotatable bonds is 7. The molecule has 1 aromatic heterocycles. The Kier molecular flexibility index (Phi) is 5.43. The molecule has 0 bridgehead atoms. The molecule has 0 aliphatic carbocycles. The summed E-state index contributed by atoms with van der Waals surface area (Å²) in [6.07, 6.45) is -0.471. The highest BCUT2D eigenvalue weighted by Crippen LogP contribution is 2.08. The van der Waals surface area contributed by atoms with Crippen molar-refractivity contribution < 1.29 is 24.6 Å². The average Bonchev–Trinajstić information content (AvgIpc) is 2.69. The van der Waals surface area contributed by atoms with E-state index in [-0.39, 0.29) is 19.3 Å². The van der Waals surface area contributed by atoms with E-state index in [1.807, 2.05) is 0 Å². The van der Waals surface area contributed by atoms with Gasteiger partial charge in [0.1, 0.15) is 6.04 Å². The molecular weight excluding hydrogens is 272 g/mol. The second-order valence-corrected chi connectivity index (χ2v) is 4.99. The fourth-order valence-electron chi connectivity index (χ4n) is 1.42. The monoisotopic (exact) mass is 286 g/mol. The van der Waals surface area contributed by atoms with Crippen molar-refractivity contribution in [2.45, 2.75) is 32.2 Å². The van der Waals surface area contributed by atoms with Gasteiger partial charge < -0.3 is 15.5 Å². The number of carbonyl (C=O) groups excluding carboxylic acids is 1. The highest BCUT2D eigenvalue weighted by atomic mass is 32.1. The molecular formula is C11H14N2O5S. The van der Waals surface area contributed by atoms with E-state index in [1.165, 1.54) is 11.3 Å². The Labute approximate surface area is 113 Å². The Morgan fingerprint density at radius 3 is 2.58 bits per heavy atom. The number of carbonyl (C=O) groups is 3. The number of carboxylic acids is 2. The number of aliphatic carboxylic acids is 2. The van der Waals surface area contributed by atoms with Gasteiger partial charge in [0.05, 0.1) is 17.1 Å². The SMILES string of the molecule is Cc1nc(CC(=O)N[C@@H](CCC(=O)O)C(=O)O)cs1. The number of nitrogens with zero attached hydrogens (tertiary/aromatic N) is 1. The van der Waals surface area contributed by atoms with Crippen molar-refractivity contribution in [3.05, 3.63) is 16.1 Å². The molecule has 1 rings (SSSR count). The predicted molar refractivity (Wildman–Crippen MR) is 67.0 cm³/mol. The van der Waals surface area contributed by atoms with Crippen LogP contribution in [-0.4, -0.2) is 39.1 Å². The van der Waals surface area contributed by atoms with Crippen molar-refractivity contribution in [1.29, 1.82) is 0 Å². The van der Waals surface area contributed by atoms with Gasteiger partial charge in [-0.3, -0.25) is 9.59 Å². The first-order valence-electron chi connectivity index (χ1n) is 5.53. The van der Waals surface area contributed by atoms with E-state index in [9.17, 15) is 14.4 Å². The lowest BCUT2D eigenvalue weighted by atomic mass is 10.1. The molecule has 7 nitrogen and oxygen atoms in total. The highest BCUT2D eigenvalue weighted by Gasteiger charge is 2.21. The van der Waals surface area contributed by atoms with Crippen LogP contribution in [0.2, 0.25) is 0 Å². The zero-order valence-corrected chi connectivity index (χ0v) is 11.1. The van der Waals surface area contributed by atoms with Gasteiger partial charge in [-0.15, -0.1) is 11.3 Å². The van der Waals surface area contributed by atoms with E-state index in [0.717, 1.165) is 5.01 Å². The number of amides is 1. The number of thiazole rings is 1. The fraction of sp³-hybridized carbons (Fsp3) is 0.455. The summed E-state index contributed by atoms with van der Waals surface area (Å²) in [5.74, 6) is -2.83. The Morgan fingerprint density at radius 2 is 2.11 bits per heavy atom. The van der Waals surface area contributed by atoms with Gasteiger partial charge in [0.2, 0.25) is 5.91 Å². The molecule has 0 aliphatic heterocycles. The molecule has 1 aromatic rings. The first-order chi connectivity index (χ1) is 8.88. The van der Waals surface area contributed by atoms with Crippen LogP contribution in [0.3, 0.4) is 0 Å². The van der Waals surface area contributed by atoms with Gasteiger partial charge in [-0.2, -0.15) is 0 Å².